The number of rotatable bonds is 2. The van der Waals surface area contributed by atoms with Crippen molar-refractivity contribution in [3.8, 4) is 0 Å². The molecule has 1 unspecified atom stereocenters. The molecule has 0 aromatic heterocycles. The number of nitrogens with zero attached hydrogens (tertiary/aromatic N) is 1. The van der Waals surface area contributed by atoms with Crippen molar-refractivity contribution in [1.29, 1.82) is 0 Å². The molecule has 1 amide bonds. The number of hydrogen-bond acceptors (Lipinski definition) is 2. The highest BCUT2D eigenvalue weighted by molar-refractivity contribution is 5.80. The molecule has 2 N–H and O–H groups in total. The van der Waals surface area contributed by atoms with Gasteiger partial charge in [0.15, 0.2) is 0 Å². The van der Waals surface area contributed by atoms with Crippen molar-refractivity contribution in [2.24, 2.45) is 11.7 Å². The second kappa shape index (κ2) is 4.74. The van der Waals surface area contributed by atoms with Gasteiger partial charge in [0.05, 0.1) is 5.54 Å². The first-order chi connectivity index (χ1) is 7.67. The summed E-state index contributed by atoms with van der Waals surface area (Å²) in [5.41, 5.74) is 5.80. The topological polar surface area (TPSA) is 46.3 Å². The molecule has 0 bridgehead atoms. The monoisotopic (exact) mass is 224 g/mol. The Balaban J connectivity index is 2.07. The fourth-order valence-corrected chi connectivity index (χ4v) is 3.16. The van der Waals surface area contributed by atoms with Gasteiger partial charge in [0, 0.05) is 19.0 Å². The lowest BCUT2D eigenvalue weighted by Gasteiger charge is -2.45. The highest BCUT2D eigenvalue weighted by Gasteiger charge is 2.39. The minimum Gasteiger partial charge on any atom is -0.336 e. The van der Waals surface area contributed by atoms with Crippen LogP contribution in [0, 0.1) is 5.92 Å². The predicted octanol–water partition coefficient (Wildman–Crippen LogP) is 1.91. The van der Waals surface area contributed by atoms with Gasteiger partial charge in [0.1, 0.15) is 0 Å². The fourth-order valence-electron chi connectivity index (χ4n) is 3.16. The second-order valence-electron chi connectivity index (χ2n) is 5.63. The first-order valence-electron chi connectivity index (χ1n) is 6.69. The van der Waals surface area contributed by atoms with E-state index in [2.05, 4.69) is 11.8 Å². The zero-order valence-electron chi connectivity index (χ0n) is 10.4. The van der Waals surface area contributed by atoms with Gasteiger partial charge >= 0.3 is 0 Å². The molecule has 1 saturated heterocycles. The zero-order valence-corrected chi connectivity index (χ0v) is 10.4. The van der Waals surface area contributed by atoms with Crippen LogP contribution in [0.3, 0.4) is 0 Å². The lowest BCUT2D eigenvalue weighted by atomic mass is 9.87. The van der Waals surface area contributed by atoms with E-state index in [-0.39, 0.29) is 5.54 Å². The number of piperidine rings is 1. The van der Waals surface area contributed by atoms with Gasteiger partial charge in [-0.25, -0.2) is 0 Å². The average Bonchev–Trinajstić information content (AvgIpc) is 2.82. The molecular formula is C13H24N2O. The van der Waals surface area contributed by atoms with Crippen molar-refractivity contribution in [2.45, 2.75) is 57.4 Å². The summed E-state index contributed by atoms with van der Waals surface area (Å²) in [5, 5.41) is 0. The smallest absolute Gasteiger partial charge is 0.226 e. The summed E-state index contributed by atoms with van der Waals surface area (Å²) in [6.07, 6.45) is 8.07. The Labute approximate surface area is 98.4 Å². The summed E-state index contributed by atoms with van der Waals surface area (Å²) in [5.74, 6) is 0.675. The van der Waals surface area contributed by atoms with Crippen molar-refractivity contribution in [2.75, 3.05) is 13.1 Å². The maximum Gasteiger partial charge on any atom is 0.226 e. The number of nitrogens with two attached hydrogens (primary N) is 1. The molecule has 0 radical (unpaired) electrons. The molecule has 1 heterocycles. The van der Waals surface area contributed by atoms with E-state index in [1.54, 1.807) is 0 Å². The van der Waals surface area contributed by atoms with Crippen LogP contribution in [0.4, 0.5) is 0 Å². The van der Waals surface area contributed by atoms with Crippen molar-refractivity contribution in [3.05, 3.63) is 0 Å². The van der Waals surface area contributed by atoms with E-state index in [1.807, 2.05) is 0 Å². The number of amides is 1. The van der Waals surface area contributed by atoms with E-state index in [9.17, 15) is 4.79 Å². The van der Waals surface area contributed by atoms with Crippen LogP contribution in [-0.4, -0.2) is 29.4 Å². The molecular weight excluding hydrogens is 200 g/mol. The Morgan fingerprint density at radius 2 is 2.00 bits per heavy atom. The van der Waals surface area contributed by atoms with Gasteiger partial charge in [0.2, 0.25) is 5.91 Å². The predicted molar refractivity (Wildman–Crippen MR) is 65.0 cm³/mol. The largest absolute Gasteiger partial charge is 0.336 e. The van der Waals surface area contributed by atoms with E-state index < -0.39 is 0 Å². The van der Waals surface area contributed by atoms with Gasteiger partial charge < -0.3 is 10.6 Å². The lowest BCUT2D eigenvalue weighted by molar-refractivity contribution is -0.143. The molecule has 1 saturated carbocycles. The van der Waals surface area contributed by atoms with E-state index in [1.165, 1.54) is 19.3 Å². The Hall–Kier alpha value is -0.570. The highest BCUT2D eigenvalue weighted by atomic mass is 16.2. The van der Waals surface area contributed by atoms with E-state index in [0.29, 0.717) is 18.4 Å². The minimum absolute atomic E-state index is 0.0715. The van der Waals surface area contributed by atoms with Gasteiger partial charge in [-0.1, -0.05) is 12.8 Å². The molecule has 0 aromatic rings. The Kier molecular flexibility index (Phi) is 3.53. The molecule has 2 aliphatic rings. The van der Waals surface area contributed by atoms with Gasteiger partial charge in [-0.3, -0.25) is 4.79 Å². The Morgan fingerprint density at radius 3 is 2.62 bits per heavy atom. The number of hydrogen-bond donors (Lipinski definition) is 1. The van der Waals surface area contributed by atoms with Crippen LogP contribution in [0.2, 0.25) is 0 Å². The van der Waals surface area contributed by atoms with E-state index in [4.69, 9.17) is 5.73 Å². The van der Waals surface area contributed by atoms with Crippen LogP contribution in [0.5, 0.6) is 0 Å². The summed E-state index contributed by atoms with van der Waals surface area (Å²) >= 11 is 0. The van der Waals surface area contributed by atoms with Crippen molar-refractivity contribution in [3.63, 3.8) is 0 Å². The highest BCUT2D eigenvalue weighted by Crippen LogP contribution is 2.33. The van der Waals surface area contributed by atoms with Crippen LogP contribution in [-0.2, 0) is 4.79 Å². The summed E-state index contributed by atoms with van der Waals surface area (Å²) in [7, 11) is 0. The first kappa shape index (κ1) is 11.9. The third-order valence-electron chi connectivity index (χ3n) is 4.41. The summed E-state index contributed by atoms with van der Waals surface area (Å²) in [6.45, 7) is 3.67. The number of carbonyl (C=O) groups excluding carboxylic acids is 1. The third-order valence-corrected chi connectivity index (χ3v) is 4.41. The summed E-state index contributed by atoms with van der Waals surface area (Å²) < 4.78 is 0. The van der Waals surface area contributed by atoms with E-state index >= 15 is 0 Å². The summed E-state index contributed by atoms with van der Waals surface area (Å²) in [4.78, 5) is 14.5. The fraction of sp³-hybridized carbons (Fsp3) is 0.923. The zero-order chi connectivity index (χ0) is 11.6. The quantitative estimate of drug-likeness (QED) is 0.778. The van der Waals surface area contributed by atoms with Crippen molar-refractivity contribution >= 4 is 5.91 Å². The van der Waals surface area contributed by atoms with Crippen molar-refractivity contribution in [1.82, 2.24) is 4.90 Å². The maximum atomic E-state index is 12.4. The maximum absolute atomic E-state index is 12.4. The molecule has 3 nitrogen and oxygen atoms in total. The van der Waals surface area contributed by atoms with E-state index in [0.717, 1.165) is 32.2 Å². The molecule has 0 spiro atoms. The summed E-state index contributed by atoms with van der Waals surface area (Å²) in [6, 6.07) is 0. The molecule has 1 aliphatic heterocycles. The molecule has 92 valence electrons. The number of likely N-dealkylation sites (tertiary alicyclic amines) is 1. The molecule has 1 atom stereocenters. The van der Waals surface area contributed by atoms with Gasteiger partial charge in [-0.15, -0.1) is 0 Å². The van der Waals surface area contributed by atoms with Crippen LogP contribution in [0.25, 0.3) is 0 Å². The van der Waals surface area contributed by atoms with Gasteiger partial charge in [0.25, 0.3) is 0 Å². The molecule has 3 heteroatoms. The molecule has 0 aromatic carbocycles. The van der Waals surface area contributed by atoms with Crippen LogP contribution >= 0.6 is 0 Å². The molecule has 16 heavy (non-hydrogen) atoms. The first-order valence-corrected chi connectivity index (χ1v) is 6.69. The normalized spacial score (nSPS) is 32.0. The average molecular weight is 224 g/mol. The standard InChI is InChI=1S/C13H24N2O/c1-13(10-14)8-4-5-9-15(13)12(16)11-6-2-3-7-11/h11H,2-10,14H2,1H3. The molecule has 2 rings (SSSR count). The number of carbonyl (C=O) groups is 1. The SMILES string of the molecule is CC1(CN)CCCCN1C(=O)C1CCCC1. The Bertz CT molecular complexity index is 261. The van der Waals surface area contributed by atoms with Crippen LogP contribution in [0.1, 0.15) is 51.9 Å². The molecule has 1 aliphatic carbocycles. The van der Waals surface area contributed by atoms with Crippen LogP contribution in [0.15, 0.2) is 0 Å². The minimum atomic E-state index is -0.0715. The Morgan fingerprint density at radius 1 is 1.31 bits per heavy atom. The second-order valence-corrected chi connectivity index (χ2v) is 5.63. The third kappa shape index (κ3) is 2.10. The van der Waals surface area contributed by atoms with Crippen LogP contribution < -0.4 is 5.73 Å². The lowest BCUT2D eigenvalue weighted by Crippen LogP contribution is -2.57. The van der Waals surface area contributed by atoms with Gasteiger partial charge in [-0.05, 0) is 39.0 Å². The molecule has 2 fully saturated rings. The van der Waals surface area contributed by atoms with Gasteiger partial charge in [-0.2, -0.15) is 0 Å². The van der Waals surface area contributed by atoms with Crippen molar-refractivity contribution < 1.29 is 4.79 Å².